The Labute approximate surface area is 187 Å². The van der Waals surface area contributed by atoms with Crippen molar-refractivity contribution in [3.05, 3.63) is 48.0 Å². The van der Waals surface area contributed by atoms with Gasteiger partial charge in [-0.3, -0.25) is 4.57 Å². The number of ether oxygens (including phenoxy) is 1. The van der Waals surface area contributed by atoms with E-state index in [0.717, 1.165) is 12.0 Å². The zero-order chi connectivity index (χ0) is 22.5. The van der Waals surface area contributed by atoms with Gasteiger partial charge in [-0.2, -0.15) is 0 Å². The highest BCUT2D eigenvalue weighted by molar-refractivity contribution is 5.82. The van der Waals surface area contributed by atoms with Crippen molar-refractivity contribution < 1.29 is 20.1 Å². The van der Waals surface area contributed by atoms with Crippen LogP contribution in [0.25, 0.3) is 11.2 Å². The number of nitrogens with zero attached hydrogens (tertiary/aromatic N) is 4. The molecular weight excluding hydrogens is 410 g/mol. The molecule has 1 saturated heterocycles. The van der Waals surface area contributed by atoms with E-state index in [4.69, 9.17) is 4.74 Å². The molecule has 3 aromatic rings. The summed E-state index contributed by atoms with van der Waals surface area (Å²) in [4.78, 5) is 13.0. The molecule has 1 fully saturated rings. The van der Waals surface area contributed by atoms with Gasteiger partial charge in [0.2, 0.25) is 0 Å². The summed E-state index contributed by atoms with van der Waals surface area (Å²) < 4.78 is 7.16. The number of rotatable bonds is 10. The molecule has 1 aliphatic rings. The molecule has 1 aromatic carbocycles. The molecule has 0 amide bonds. The highest BCUT2D eigenvalue weighted by Gasteiger charge is 2.44. The van der Waals surface area contributed by atoms with E-state index in [1.54, 1.807) is 4.57 Å². The molecule has 172 valence electrons. The summed E-state index contributed by atoms with van der Waals surface area (Å²) in [6.45, 7) is 2.42. The van der Waals surface area contributed by atoms with Crippen molar-refractivity contribution in [3.63, 3.8) is 0 Å². The first-order chi connectivity index (χ1) is 15.6. The summed E-state index contributed by atoms with van der Waals surface area (Å²) in [5.74, 6) is 0.573. The number of aliphatic hydroxyl groups is 3. The van der Waals surface area contributed by atoms with Gasteiger partial charge in [-0.15, -0.1) is 0 Å². The number of aromatic nitrogens is 4. The molecule has 4 N–H and O–H groups in total. The molecule has 3 heterocycles. The van der Waals surface area contributed by atoms with Gasteiger partial charge in [0.05, 0.1) is 12.9 Å². The second kappa shape index (κ2) is 10.4. The zero-order valence-electron chi connectivity index (χ0n) is 18.3. The number of hydrogen-bond acceptors (Lipinski definition) is 8. The fourth-order valence-electron chi connectivity index (χ4n) is 4.04. The standard InChI is InChI=1S/C23H31N5O4/c1-2-3-4-5-6-15-7-9-16(10-8-15)11-24-21-18-22(26-13-25-21)28(14-27-18)23-20(31)19(30)17(12-29)32-23/h7-10,13-14,17,19-20,23,29-31H,2-6,11-12H2,1H3,(H,24,25,26)/t17-,19-,20-,23?/m1/s1. The third-order valence-electron chi connectivity index (χ3n) is 5.95. The number of unbranched alkanes of at least 4 members (excludes halogenated alkanes) is 3. The summed E-state index contributed by atoms with van der Waals surface area (Å²) in [6, 6.07) is 8.60. The average molecular weight is 442 g/mol. The molecule has 0 aliphatic carbocycles. The fourth-order valence-corrected chi connectivity index (χ4v) is 4.04. The summed E-state index contributed by atoms with van der Waals surface area (Å²) in [6.07, 6.45) is 4.94. The molecule has 0 saturated carbocycles. The fraction of sp³-hybridized carbons (Fsp3) is 0.522. The van der Waals surface area contributed by atoms with Crippen LogP contribution in [0.1, 0.15) is 50.0 Å². The normalized spacial score (nSPS) is 23.1. The lowest BCUT2D eigenvalue weighted by atomic mass is 10.0. The minimum absolute atomic E-state index is 0.388. The number of hydrogen-bond donors (Lipinski definition) is 4. The Morgan fingerprint density at radius 2 is 1.78 bits per heavy atom. The maximum absolute atomic E-state index is 10.3. The number of anilines is 1. The highest BCUT2D eigenvalue weighted by Crippen LogP contribution is 2.32. The summed E-state index contributed by atoms with van der Waals surface area (Å²) in [5, 5.41) is 33.0. The third kappa shape index (κ3) is 4.75. The van der Waals surface area contributed by atoms with Gasteiger partial charge in [-0.05, 0) is 24.0 Å². The maximum Gasteiger partial charge on any atom is 0.167 e. The van der Waals surface area contributed by atoms with E-state index in [1.807, 2.05) is 0 Å². The number of aryl methyl sites for hydroxylation is 1. The molecule has 0 radical (unpaired) electrons. The smallest absolute Gasteiger partial charge is 0.167 e. The van der Waals surface area contributed by atoms with E-state index < -0.39 is 24.5 Å². The quantitative estimate of drug-likeness (QED) is 0.353. The third-order valence-corrected chi connectivity index (χ3v) is 5.95. The molecule has 9 heteroatoms. The average Bonchev–Trinajstić information content (AvgIpc) is 3.37. The van der Waals surface area contributed by atoms with Gasteiger partial charge >= 0.3 is 0 Å². The number of nitrogens with one attached hydrogen (secondary N) is 1. The summed E-state index contributed by atoms with van der Waals surface area (Å²) >= 11 is 0. The van der Waals surface area contributed by atoms with Crippen molar-refractivity contribution >= 4 is 17.0 Å². The van der Waals surface area contributed by atoms with E-state index in [-0.39, 0.29) is 6.61 Å². The van der Waals surface area contributed by atoms with Crippen molar-refractivity contribution in [3.8, 4) is 0 Å². The molecule has 1 aliphatic heterocycles. The number of aliphatic hydroxyl groups excluding tert-OH is 3. The monoisotopic (exact) mass is 441 g/mol. The van der Waals surface area contributed by atoms with E-state index in [1.165, 1.54) is 43.9 Å². The first kappa shape index (κ1) is 22.6. The largest absolute Gasteiger partial charge is 0.394 e. The Hall–Kier alpha value is -2.59. The van der Waals surface area contributed by atoms with E-state index in [9.17, 15) is 15.3 Å². The molecule has 32 heavy (non-hydrogen) atoms. The van der Waals surface area contributed by atoms with Crippen LogP contribution in [0.3, 0.4) is 0 Å². The van der Waals surface area contributed by atoms with Crippen molar-refractivity contribution in [1.82, 2.24) is 19.5 Å². The van der Waals surface area contributed by atoms with Crippen molar-refractivity contribution in [1.29, 1.82) is 0 Å². The van der Waals surface area contributed by atoms with Crippen LogP contribution in [0.4, 0.5) is 5.82 Å². The Balaban J connectivity index is 1.42. The lowest BCUT2D eigenvalue weighted by molar-refractivity contribution is -0.0511. The molecular formula is C23H31N5O4. The Kier molecular flexibility index (Phi) is 7.31. The Morgan fingerprint density at radius 1 is 1.00 bits per heavy atom. The van der Waals surface area contributed by atoms with Crippen molar-refractivity contribution in [2.24, 2.45) is 0 Å². The van der Waals surface area contributed by atoms with Crippen molar-refractivity contribution in [2.75, 3.05) is 11.9 Å². The minimum Gasteiger partial charge on any atom is -0.394 e. The first-order valence-electron chi connectivity index (χ1n) is 11.2. The topological polar surface area (TPSA) is 126 Å². The number of imidazole rings is 1. The molecule has 0 spiro atoms. The van der Waals surface area contributed by atoms with Gasteiger partial charge in [0.25, 0.3) is 0 Å². The molecule has 4 rings (SSSR count). The van der Waals surface area contributed by atoms with Gasteiger partial charge in [0.1, 0.15) is 24.6 Å². The van der Waals surface area contributed by atoms with Gasteiger partial charge in [-0.25, -0.2) is 15.0 Å². The van der Waals surface area contributed by atoms with Gasteiger partial charge in [-0.1, -0.05) is 50.5 Å². The lowest BCUT2D eigenvalue weighted by Crippen LogP contribution is -2.33. The van der Waals surface area contributed by atoms with Gasteiger partial charge < -0.3 is 25.4 Å². The maximum atomic E-state index is 10.3. The predicted octanol–water partition coefficient (Wildman–Crippen LogP) is 2.17. The number of fused-ring (bicyclic) bond motifs is 1. The molecule has 4 atom stereocenters. The summed E-state index contributed by atoms with van der Waals surface area (Å²) in [7, 11) is 0. The Bertz CT molecular complexity index is 1010. The van der Waals surface area contributed by atoms with Crippen LogP contribution in [0, 0.1) is 0 Å². The minimum atomic E-state index is -1.20. The molecule has 9 nitrogen and oxygen atoms in total. The second-order valence-corrected chi connectivity index (χ2v) is 8.26. The van der Waals surface area contributed by atoms with Crippen LogP contribution in [0.15, 0.2) is 36.9 Å². The molecule has 2 aromatic heterocycles. The van der Waals surface area contributed by atoms with Gasteiger partial charge in [0, 0.05) is 6.54 Å². The van der Waals surface area contributed by atoms with Crippen LogP contribution in [0.2, 0.25) is 0 Å². The first-order valence-corrected chi connectivity index (χ1v) is 11.2. The Morgan fingerprint density at radius 3 is 2.50 bits per heavy atom. The van der Waals surface area contributed by atoms with Crippen LogP contribution in [-0.2, 0) is 17.7 Å². The van der Waals surface area contributed by atoms with Crippen molar-refractivity contribution in [2.45, 2.75) is 70.1 Å². The highest BCUT2D eigenvalue weighted by atomic mass is 16.6. The van der Waals surface area contributed by atoms with E-state index in [2.05, 4.69) is 51.5 Å². The van der Waals surface area contributed by atoms with Crippen LogP contribution in [0.5, 0.6) is 0 Å². The van der Waals surface area contributed by atoms with Gasteiger partial charge in [0.15, 0.2) is 23.2 Å². The van der Waals surface area contributed by atoms with Crippen LogP contribution >= 0.6 is 0 Å². The van der Waals surface area contributed by atoms with E-state index in [0.29, 0.717) is 23.5 Å². The predicted molar refractivity (Wildman–Crippen MR) is 120 cm³/mol. The second-order valence-electron chi connectivity index (χ2n) is 8.26. The number of benzene rings is 1. The van der Waals surface area contributed by atoms with Crippen LogP contribution in [-0.4, -0.2) is 59.8 Å². The lowest BCUT2D eigenvalue weighted by Gasteiger charge is -2.16. The molecule has 0 bridgehead atoms. The van der Waals surface area contributed by atoms with E-state index >= 15 is 0 Å². The van der Waals surface area contributed by atoms with Crippen LogP contribution < -0.4 is 5.32 Å². The summed E-state index contributed by atoms with van der Waals surface area (Å²) in [5.41, 5.74) is 3.50. The zero-order valence-corrected chi connectivity index (χ0v) is 18.3. The SMILES string of the molecule is CCCCCCc1ccc(CNc2ncnc3c2ncn3C2O[C@H](CO)[C@@H](O)[C@H]2O)cc1. The molecule has 1 unspecified atom stereocenters.